The highest BCUT2D eigenvalue weighted by Crippen LogP contribution is 2.53. The van der Waals surface area contributed by atoms with Gasteiger partial charge in [-0.05, 0) is 124 Å². The Hall–Kier alpha value is -5.54. The monoisotopic (exact) mass is 808 g/mol. The number of anilines is 3. The molecule has 3 heteroatoms. The molecule has 0 unspecified atom stereocenters. The van der Waals surface area contributed by atoms with Gasteiger partial charge in [-0.2, -0.15) is 0 Å². The minimum Gasteiger partial charge on any atom is -0.311 e. The van der Waals surface area contributed by atoms with E-state index in [1.165, 1.54) is 11.1 Å². The molecular weight excluding hydrogens is 743 g/mol. The summed E-state index contributed by atoms with van der Waals surface area (Å²) in [6.07, 6.45) is 11.2. The van der Waals surface area contributed by atoms with Crippen LogP contribution >= 0.6 is 0 Å². The van der Waals surface area contributed by atoms with Crippen molar-refractivity contribution in [1.82, 2.24) is 0 Å². The van der Waals surface area contributed by atoms with Crippen LogP contribution < -0.4 is 4.90 Å². The molecule has 61 heavy (non-hydrogen) atoms. The normalized spacial score (nSPS) is 12.8. The quantitative estimate of drug-likeness (QED) is 0.0604. The van der Waals surface area contributed by atoms with Crippen molar-refractivity contribution in [3.8, 4) is 33.4 Å². The first kappa shape index (κ1) is 43.5. The number of fused-ring (bicyclic) bond motifs is 3. The molecule has 0 aromatic heterocycles. The summed E-state index contributed by atoms with van der Waals surface area (Å²) in [6.45, 7) is 13.3. The van der Waals surface area contributed by atoms with E-state index in [0.717, 1.165) is 126 Å². The van der Waals surface area contributed by atoms with E-state index in [1.807, 2.05) is 0 Å². The molecule has 1 aliphatic rings. The maximum absolute atomic E-state index is 15.3. The molecule has 0 atom stereocenters. The van der Waals surface area contributed by atoms with Crippen molar-refractivity contribution in [2.75, 3.05) is 4.90 Å². The lowest BCUT2D eigenvalue weighted by atomic mass is 9.68. The second-order valence-corrected chi connectivity index (χ2v) is 18.3. The number of carbonyl (C=O) groups excluding carboxylic acids is 2. The van der Waals surface area contributed by atoms with Gasteiger partial charge in [0.05, 0.1) is 0 Å². The Morgan fingerprint density at radius 1 is 0.475 bits per heavy atom. The zero-order valence-electron chi connectivity index (χ0n) is 37.5. The van der Waals surface area contributed by atoms with E-state index in [4.69, 9.17) is 0 Å². The summed E-state index contributed by atoms with van der Waals surface area (Å²) in [5.41, 5.74) is 12.4. The number of unbranched alkanes of at least 4 members (excludes halogenated alkanes) is 8. The summed E-state index contributed by atoms with van der Waals surface area (Å²) in [7, 11) is 0. The highest BCUT2D eigenvalue weighted by Gasteiger charge is 2.53. The van der Waals surface area contributed by atoms with E-state index in [9.17, 15) is 0 Å². The molecule has 3 nitrogen and oxygen atoms in total. The maximum Gasteiger partial charge on any atom is 0.155 e. The Bertz CT molecular complexity index is 2370. The number of hydrogen-bond acceptors (Lipinski definition) is 3. The van der Waals surface area contributed by atoms with Gasteiger partial charge >= 0.3 is 0 Å². The fraction of sp³-hybridized carbons (Fsp3) is 0.345. The Kier molecular flexibility index (Phi) is 13.9. The number of benzene rings is 6. The van der Waals surface area contributed by atoms with Crippen LogP contribution in [0.4, 0.5) is 17.1 Å². The minimum absolute atomic E-state index is 0.0482. The zero-order chi connectivity index (χ0) is 43.0. The van der Waals surface area contributed by atoms with Crippen LogP contribution in [0.2, 0.25) is 0 Å². The van der Waals surface area contributed by atoms with Gasteiger partial charge in [0.1, 0.15) is 5.41 Å². The van der Waals surface area contributed by atoms with Gasteiger partial charge in [-0.15, -0.1) is 0 Å². The number of aryl methyl sites for hydroxylation is 1. The lowest BCUT2D eigenvalue weighted by Crippen LogP contribution is -2.43. The fourth-order valence-corrected chi connectivity index (χ4v) is 9.28. The average Bonchev–Trinajstić information content (AvgIpc) is 3.57. The highest BCUT2D eigenvalue weighted by atomic mass is 16.2. The minimum atomic E-state index is -1.35. The summed E-state index contributed by atoms with van der Waals surface area (Å²) in [5, 5.41) is 0. The number of nitrogens with zero attached hydrogens (tertiary/aromatic N) is 1. The molecule has 0 N–H and O–H groups in total. The molecular formula is C58H65NO2. The SMILES string of the molecule is CCCCCCCC(=O)C1(C(=O)CCCCCCC)c2cc(-c3ccc(C)cc3)ccc2-c2ccc(-c3ccc(N(c4ccccc4)c4ccc(C(C)(C)C)cc4)cc3)cc21. The Morgan fingerprint density at radius 2 is 0.885 bits per heavy atom. The van der Waals surface area contributed by atoms with Crippen molar-refractivity contribution in [3.05, 3.63) is 162 Å². The van der Waals surface area contributed by atoms with Crippen LogP contribution in [-0.4, -0.2) is 11.6 Å². The van der Waals surface area contributed by atoms with Gasteiger partial charge in [-0.25, -0.2) is 0 Å². The molecule has 1 aliphatic carbocycles. The first-order chi connectivity index (χ1) is 29.6. The van der Waals surface area contributed by atoms with Crippen molar-refractivity contribution < 1.29 is 9.59 Å². The van der Waals surface area contributed by atoms with Crippen molar-refractivity contribution in [3.63, 3.8) is 0 Å². The van der Waals surface area contributed by atoms with E-state index >= 15 is 9.59 Å². The van der Waals surface area contributed by atoms with Crippen LogP contribution in [-0.2, 0) is 20.4 Å². The number of rotatable bonds is 19. The third-order valence-electron chi connectivity index (χ3n) is 12.8. The van der Waals surface area contributed by atoms with Gasteiger partial charge in [0, 0.05) is 29.9 Å². The van der Waals surface area contributed by atoms with E-state index < -0.39 is 5.41 Å². The molecule has 0 aliphatic heterocycles. The first-order valence-electron chi connectivity index (χ1n) is 23.1. The van der Waals surface area contributed by atoms with E-state index in [0.29, 0.717) is 12.8 Å². The Morgan fingerprint density at radius 3 is 1.34 bits per heavy atom. The van der Waals surface area contributed by atoms with Crippen molar-refractivity contribution in [2.24, 2.45) is 0 Å². The van der Waals surface area contributed by atoms with Gasteiger partial charge in [0.25, 0.3) is 0 Å². The summed E-state index contributed by atoms with van der Waals surface area (Å²) in [4.78, 5) is 32.9. The van der Waals surface area contributed by atoms with E-state index in [-0.39, 0.29) is 17.0 Å². The maximum atomic E-state index is 15.3. The predicted molar refractivity (Wildman–Crippen MR) is 258 cm³/mol. The van der Waals surface area contributed by atoms with Crippen LogP contribution in [0.1, 0.15) is 134 Å². The molecule has 0 saturated carbocycles. The van der Waals surface area contributed by atoms with Gasteiger partial charge in [0.15, 0.2) is 11.6 Å². The topological polar surface area (TPSA) is 37.4 Å². The zero-order valence-corrected chi connectivity index (χ0v) is 37.5. The van der Waals surface area contributed by atoms with E-state index in [1.54, 1.807) is 0 Å². The van der Waals surface area contributed by atoms with Crippen LogP contribution in [0.5, 0.6) is 0 Å². The summed E-state index contributed by atoms with van der Waals surface area (Å²) >= 11 is 0. The molecule has 0 heterocycles. The second-order valence-electron chi connectivity index (χ2n) is 18.3. The molecule has 0 saturated heterocycles. The fourth-order valence-electron chi connectivity index (χ4n) is 9.28. The Labute approximate surface area is 366 Å². The van der Waals surface area contributed by atoms with Gasteiger partial charge < -0.3 is 4.90 Å². The van der Waals surface area contributed by atoms with Crippen LogP contribution in [0.15, 0.2) is 140 Å². The summed E-state index contributed by atoms with van der Waals surface area (Å²) < 4.78 is 0. The standard InChI is InChI=1S/C58H65NO2/c1-7-9-11-13-18-22-55(60)58(56(61)23-19-14-12-10-8-2)53-40-45(43-26-24-42(3)25-27-43)30-38-51(53)52-39-31-46(41-54(52)58)44-28-34-49(35-29-44)59(48-20-16-15-17-21-48)50-36-32-47(33-37-50)57(4,5)6/h15-17,20-21,24-41H,7-14,18-19,22-23H2,1-6H3. The molecule has 0 spiro atoms. The summed E-state index contributed by atoms with van der Waals surface area (Å²) in [5.74, 6) is 0.0965. The Balaban J connectivity index is 1.32. The third-order valence-corrected chi connectivity index (χ3v) is 12.8. The molecule has 7 rings (SSSR count). The van der Waals surface area contributed by atoms with Gasteiger partial charge in [-0.3, -0.25) is 9.59 Å². The van der Waals surface area contributed by atoms with Crippen LogP contribution in [0.25, 0.3) is 33.4 Å². The third kappa shape index (κ3) is 9.37. The van der Waals surface area contributed by atoms with Crippen molar-refractivity contribution in [1.29, 1.82) is 0 Å². The predicted octanol–water partition coefficient (Wildman–Crippen LogP) is 16.2. The average molecular weight is 808 g/mol. The summed E-state index contributed by atoms with van der Waals surface area (Å²) in [6, 6.07) is 49.7. The number of hydrogen-bond donors (Lipinski definition) is 0. The molecule has 6 aromatic rings. The first-order valence-corrected chi connectivity index (χ1v) is 23.1. The molecule has 0 amide bonds. The largest absolute Gasteiger partial charge is 0.311 e. The lowest BCUT2D eigenvalue weighted by molar-refractivity contribution is -0.133. The number of Topliss-reactive ketones (excluding diaryl/α,β-unsaturated/α-hetero) is 2. The molecule has 0 bridgehead atoms. The van der Waals surface area contributed by atoms with Crippen LogP contribution in [0.3, 0.4) is 0 Å². The molecule has 314 valence electrons. The smallest absolute Gasteiger partial charge is 0.155 e. The number of para-hydroxylation sites is 1. The molecule has 6 aromatic carbocycles. The van der Waals surface area contributed by atoms with Crippen molar-refractivity contribution in [2.45, 2.75) is 129 Å². The second kappa shape index (κ2) is 19.4. The molecule has 0 radical (unpaired) electrons. The van der Waals surface area contributed by atoms with Crippen LogP contribution in [0, 0.1) is 6.92 Å². The number of carbonyl (C=O) groups is 2. The van der Waals surface area contributed by atoms with E-state index in [2.05, 4.69) is 186 Å². The van der Waals surface area contributed by atoms with Gasteiger partial charge in [0.2, 0.25) is 0 Å². The molecule has 0 fully saturated rings. The highest BCUT2D eigenvalue weighted by molar-refractivity contribution is 6.20. The lowest BCUT2D eigenvalue weighted by Gasteiger charge is -2.30. The number of ketones is 2. The van der Waals surface area contributed by atoms with Crippen molar-refractivity contribution >= 4 is 28.6 Å². The van der Waals surface area contributed by atoms with Gasteiger partial charge in [-0.1, -0.05) is 183 Å².